The third-order valence-electron chi connectivity index (χ3n) is 3.10. The van der Waals surface area contributed by atoms with Crippen molar-refractivity contribution in [2.24, 2.45) is 0 Å². The van der Waals surface area contributed by atoms with E-state index in [-0.39, 0.29) is 0 Å². The van der Waals surface area contributed by atoms with Gasteiger partial charge in [-0.3, -0.25) is 0 Å². The molecule has 0 N–H and O–H groups in total. The minimum Gasteiger partial charge on any atom is -0.0949 e. The fourth-order valence-electron chi connectivity index (χ4n) is 2.30. The fourth-order valence-corrected chi connectivity index (χ4v) is 2.30. The molecule has 2 rings (SSSR count). The molecule has 0 aliphatic heterocycles. The predicted octanol–water partition coefficient (Wildman–Crippen LogP) is 4.56. The van der Waals surface area contributed by atoms with Gasteiger partial charge in [0.05, 0.1) is 0 Å². The highest BCUT2D eigenvalue weighted by Gasteiger charge is 2.06. The molecule has 0 saturated carbocycles. The zero-order valence-electron chi connectivity index (χ0n) is 10.5. The molecule has 0 bridgehead atoms. The third kappa shape index (κ3) is 2.65. The lowest BCUT2D eigenvalue weighted by Crippen LogP contribution is -1.95. The average Bonchev–Trinajstić information content (AvgIpc) is 2.30. The van der Waals surface area contributed by atoms with E-state index in [9.17, 15) is 0 Å². The number of hydrogen-bond donors (Lipinski definition) is 0. The van der Waals surface area contributed by atoms with Crippen LogP contribution >= 0.6 is 0 Å². The summed E-state index contributed by atoms with van der Waals surface area (Å²) < 4.78 is 0. The highest BCUT2D eigenvalue weighted by molar-refractivity contribution is 5.70. The van der Waals surface area contributed by atoms with Gasteiger partial charge in [0.25, 0.3) is 0 Å². The van der Waals surface area contributed by atoms with E-state index in [1.165, 1.54) is 27.8 Å². The van der Waals surface area contributed by atoms with Gasteiger partial charge in [-0.1, -0.05) is 55.1 Å². The van der Waals surface area contributed by atoms with Crippen LogP contribution in [0.15, 0.2) is 55.1 Å². The lowest BCUT2D eigenvalue weighted by Gasteiger charge is -2.12. The van der Waals surface area contributed by atoms with Crippen LogP contribution in [0.25, 0.3) is 5.57 Å². The zero-order valence-corrected chi connectivity index (χ0v) is 10.5. The molecule has 0 aliphatic carbocycles. The molecule has 0 radical (unpaired) electrons. The summed E-state index contributed by atoms with van der Waals surface area (Å²) in [5, 5.41) is 0. The molecule has 2 aromatic rings. The Labute approximate surface area is 104 Å². The van der Waals surface area contributed by atoms with Gasteiger partial charge >= 0.3 is 0 Å². The maximum absolute atomic E-state index is 4.24. The Bertz CT molecular complexity index is 501. The molecule has 0 atom stereocenters. The summed E-state index contributed by atoms with van der Waals surface area (Å²) in [5.41, 5.74) is 6.46. The zero-order chi connectivity index (χ0) is 12.3. The number of allylic oxidation sites excluding steroid dienone is 1. The molecule has 0 fully saturated rings. The summed E-state index contributed by atoms with van der Waals surface area (Å²) in [4.78, 5) is 0. The average molecular weight is 222 g/mol. The molecule has 0 aromatic heterocycles. The quantitative estimate of drug-likeness (QED) is 0.714. The van der Waals surface area contributed by atoms with E-state index in [4.69, 9.17) is 0 Å². The number of hydrogen-bond acceptors (Lipinski definition) is 0. The Morgan fingerprint density at radius 1 is 0.882 bits per heavy atom. The molecule has 86 valence electrons. The van der Waals surface area contributed by atoms with Crippen LogP contribution in [0.2, 0.25) is 0 Å². The highest BCUT2D eigenvalue weighted by atomic mass is 14.1. The van der Waals surface area contributed by atoms with Crippen LogP contribution in [0.3, 0.4) is 0 Å². The molecule has 0 amide bonds. The van der Waals surface area contributed by atoms with Gasteiger partial charge in [-0.15, -0.1) is 0 Å². The number of rotatable bonds is 3. The van der Waals surface area contributed by atoms with E-state index in [2.05, 4.69) is 62.9 Å². The van der Waals surface area contributed by atoms with E-state index >= 15 is 0 Å². The normalized spacial score (nSPS) is 10.2. The second-order valence-corrected chi connectivity index (χ2v) is 4.53. The van der Waals surface area contributed by atoms with Crippen LogP contribution in [0.4, 0.5) is 0 Å². The first-order valence-corrected chi connectivity index (χ1v) is 5.97. The van der Waals surface area contributed by atoms with Crippen LogP contribution < -0.4 is 0 Å². The summed E-state index contributed by atoms with van der Waals surface area (Å²) in [6, 6.07) is 16.9. The van der Waals surface area contributed by atoms with Crippen LogP contribution in [0, 0.1) is 13.8 Å². The Balaban J connectivity index is 2.27. The molecule has 0 spiro atoms. The van der Waals surface area contributed by atoms with Crippen molar-refractivity contribution in [3.63, 3.8) is 0 Å². The molecule has 0 unspecified atom stereocenters. The molecule has 0 nitrogen and oxygen atoms in total. The van der Waals surface area contributed by atoms with Crippen molar-refractivity contribution in [3.8, 4) is 0 Å². The Morgan fingerprint density at radius 3 is 2.06 bits per heavy atom. The molecule has 0 saturated heterocycles. The van der Waals surface area contributed by atoms with Gasteiger partial charge in [-0.2, -0.15) is 0 Å². The summed E-state index contributed by atoms with van der Waals surface area (Å²) in [5.74, 6) is 0. The van der Waals surface area contributed by atoms with Crippen molar-refractivity contribution >= 4 is 5.57 Å². The van der Waals surface area contributed by atoms with Crippen LogP contribution in [-0.4, -0.2) is 0 Å². The molecule has 17 heavy (non-hydrogen) atoms. The molecule has 0 aliphatic rings. The van der Waals surface area contributed by atoms with Crippen LogP contribution in [0.5, 0.6) is 0 Å². The summed E-state index contributed by atoms with van der Waals surface area (Å²) in [7, 11) is 0. The first kappa shape index (κ1) is 11.7. The van der Waals surface area contributed by atoms with Crippen molar-refractivity contribution in [2.75, 3.05) is 0 Å². The standard InChI is InChI=1S/C17H18/c1-13-8-7-9-14(2)17(13)15(3)12-16-10-5-4-6-11-16/h4-11H,3,12H2,1-2H3. The molecule has 0 heteroatoms. The van der Waals surface area contributed by atoms with Crippen molar-refractivity contribution in [3.05, 3.63) is 77.4 Å². The van der Waals surface area contributed by atoms with Gasteiger partial charge in [0, 0.05) is 0 Å². The van der Waals surface area contributed by atoms with Gasteiger partial charge in [-0.05, 0) is 48.1 Å². The van der Waals surface area contributed by atoms with Crippen molar-refractivity contribution in [1.82, 2.24) is 0 Å². The SMILES string of the molecule is C=C(Cc1ccccc1)c1c(C)cccc1C. The van der Waals surface area contributed by atoms with Gasteiger partial charge in [-0.25, -0.2) is 0 Å². The lowest BCUT2D eigenvalue weighted by atomic mass is 9.92. The second-order valence-electron chi connectivity index (χ2n) is 4.53. The van der Waals surface area contributed by atoms with Gasteiger partial charge < -0.3 is 0 Å². The Morgan fingerprint density at radius 2 is 1.47 bits per heavy atom. The maximum Gasteiger partial charge on any atom is -0.00255 e. The lowest BCUT2D eigenvalue weighted by molar-refractivity contribution is 1.24. The maximum atomic E-state index is 4.24. The van der Waals surface area contributed by atoms with Crippen molar-refractivity contribution in [2.45, 2.75) is 20.3 Å². The van der Waals surface area contributed by atoms with Gasteiger partial charge in [0.1, 0.15) is 0 Å². The Kier molecular flexibility index (Phi) is 3.43. The van der Waals surface area contributed by atoms with E-state index < -0.39 is 0 Å². The summed E-state index contributed by atoms with van der Waals surface area (Å²) >= 11 is 0. The first-order valence-electron chi connectivity index (χ1n) is 5.97. The third-order valence-corrected chi connectivity index (χ3v) is 3.10. The first-order chi connectivity index (χ1) is 8.18. The molecule has 2 aromatic carbocycles. The van der Waals surface area contributed by atoms with E-state index in [1.807, 2.05) is 6.07 Å². The van der Waals surface area contributed by atoms with Gasteiger partial charge in [0.2, 0.25) is 0 Å². The van der Waals surface area contributed by atoms with Gasteiger partial charge in [0.15, 0.2) is 0 Å². The van der Waals surface area contributed by atoms with Crippen molar-refractivity contribution < 1.29 is 0 Å². The largest absolute Gasteiger partial charge is 0.0949 e. The summed E-state index contributed by atoms with van der Waals surface area (Å²) in [6.07, 6.45) is 0.923. The molecule has 0 heterocycles. The molecular formula is C17H18. The van der Waals surface area contributed by atoms with E-state index in [1.54, 1.807) is 0 Å². The second kappa shape index (κ2) is 5.01. The Hall–Kier alpha value is -1.82. The predicted molar refractivity (Wildman–Crippen MR) is 75.1 cm³/mol. The topological polar surface area (TPSA) is 0 Å². The van der Waals surface area contributed by atoms with E-state index in [0.717, 1.165) is 6.42 Å². The van der Waals surface area contributed by atoms with Crippen LogP contribution in [-0.2, 0) is 6.42 Å². The smallest absolute Gasteiger partial charge is 0.00255 e. The van der Waals surface area contributed by atoms with Crippen LogP contribution in [0.1, 0.15) is 22.3 Å². The fraction of sp³-hybridized carbons (Fsp3) is 0.176. The number of aryl methyl sites for hydroxylation is 2. The number of benzene rings is 2. The minimum atomic E-state index is 0.923. The summed E-state index contributed by atoms with van der Waals surface area (Å²) in [6.45, 7) is 8.54. The molecular weight excluding hydrogens is 204 g/mol. The highest BCUT2D eigenvalue weighted by Crippen LogP contribution is 2.24. The van der Waals surface area contributed by atoms with Crippen molar-refractivity contribution in [1.29, 1.82) is 0 Å². The minimum absolute atomic E-state index is 0.923. The van der Waals surface area contributed by atoms with E-state index in [0.29, 0.717) is 0 Å². The monoisotopic (exact) mass is 222 g/mol.